The average molecular weight is 343 g/mol. The van der Waals surface area contributed by atoms with Crippen LogP contribution in [0.2, 0.25) is 0 Å². The second-order valence-electron chi connectivity index (χ2n) is 6.03. The van der Waals surface area contributed by atoms with Gasteiger partial charge in [0.2, 0.25) is 0 Å². The van der Waals surface area contributed by atoms with E-state index in [1.807, 2.05) is 55.5 Å². The van der Waals surface area contributed by atoms with E-state index in [0.29, 0.717) is 0 Å². The summed E-state index contributed by atoms with van der Waals surface area (Å²) in [5.41, 5.74) is 5.88. The zero-order valence-corrected chi connectivity index (χ0v) is 14.3. The molecule has 0 radical (unpaired) electrons. The summed E-state index contributed by atoms with van der Waals surface area (Å²) in [6.45, 7) is 1.93. The summed E-state index contributed by atoms with van der Waals surface area (Å²) in [6, 6.07) is 21.8. The number of hydrogen-bond acceptors (Lipinski definition) is 4. The van der Waals surface area contributed by atoms with Crippen LogP contribution >= 0.6 is 0 Å². The molecule has 4 aromatic rings. The first-order valence-corrected chi connectivity index (χ1v) is 8.31. The molecule has 0 saturated heterocycles. The lowest BCUT2D eigenvalue weighted by molar-refractivity contribution is -0.121. The molecule has 0 aliphatic heterocycles. The summed E-state index contributed by atoms with van der Waals surface area (Å²) in [5.74, 6) is -0.249. The van der Waals surface area contributed by atoms with Gasteiger partial charge in [-0.1, -0.05) is 53.7 Å². The van der Waals surface area contributed by atoms with Crippen LogP contribution in [0.3, 0.4) is 0 Å². The fourth-order valence-corrected chi connectivity index (χ4v) is 2.83. The van der Waals surface area contributed by atoms with Crippen molar-refractivity contribution in [3.05, 3.63) is 72.3 Å². The first kappa shape index (κ1) is 16.0. The number of rotatable bonds is 4. The summed E-state index contributed by atoms with van der Waals surface area (Å²) in [4.78, 5) is 12.2. The number of aromatic nitrogens is 3. The predicted octanol–water partition coefficient (Wildman–Crippen LogP) is 3.12. The molecule has 0 fully saturated rings. The van der Waals surface area contributed by atoms with Crippen LogP contribution in [0.4, 0.5) is 0 Å². The quantitative estimate of drug-likeness (QED) is 0.457. The molecule has 26 heavy (non-hydrogen) atoms. The van der Waals surface area contributed by atoms with E-state index in [0.717, 1.165) is 27.7 Å². The van der Waals surface area contributed by atoms with Crippen molar-refractivity contribution in [3.8, 4) is 0 Å². The lowest BCUT2D eigenvalue weighted by Gasteiger charge is -2.05. The van der Waals surface area contributed by atoms with Crippen molar-refractivity contribution in [3.63, 3.8) is 0 Å². The first-order chi connectivity index (χ1) is 12.7. The largest absolute Gasteiger partial charge is 0.271 e. The highest BCUT2D eigenvalue weighted by Crippen LogP contribution is 2.16. The topological polar surface area (TPSA) is 72.2 Å². The molecule has 1 N–H and O–H groups in total. The molecule has 4 rings (SSSR count). The Bertz CT molecular complexity index is 1130. The fraction of sp³-hybridized carbons (Fsp3) is 0.100. The maximum absolute atomic E-state index is 12.2. The normalized spacial score (nSPS) is 11.8. The van der Waals surface area contributed by atoms with Crippen LogP contribution in [0.15, 0.2) is 71.8 Å². The molecule has 1 aromatic heterocycles. The Balaban J connectivity index is 1.48. The molecule has 0 saturated carbocycles. The van der Waals surface area contributed by atoms with E-state index in [2.05, 4.69) is 39.0 Å². The van der Waals surface area contributed by atoms with Gasteiger partial charge in [-0.3, -0.25) is 4.79 Å². The van der Waals surface area contributed by atoms with Crippen LogP contribution in [-0.4, -0.2) is 26.6 Å². The first-order valence-electron chi connectivity index (χ1n) is 8.31. The summed E-state index contributed by atoms with van der Waals surface area (Å²) in [5, 5.41) is 14.6. The highest BCUT2D eigenvalue weighted by Gasteiger charge is 2.08. The van der Waals surface area contributed by atoms with Crippen molar-refractivity contribution >= 4 is 33.4 Å². The van der Waals surface area contributed by atoms with E-state index in [1.165, 1.54) is 5.39 Å². The van der Waals surface area contributed by atoms with Gasteiger partial charge in [-0.2, -0.15) is 5.10 Å². The van der Waals surface area contributed by atoms with Gasteiger partial charge < -0.3 is 0 Å². The van der Waals surface area contributed by atoms with Crippen LogP contribution in [0.25, 0.3) is 21.8 Å². The number of hydrogen-bond donors (Lipinski definition) is 1. The van der Waals surface area contributed by atoms with Gasteiger partial charge in [-0.25, -0.2) is 10.1 Å². The van der Waals surface area contributed by atoms with Gasteiger partial charge in [0.1, 0.15) is 12.1 Å². The van der Waals surface area contributed by atoms with Crippen molar-refractivity contribution in [2.24, 2.45) is 5.10 Å². The van der Waals surface area contributed by atoms with Gasteiger partial charge in [-0.15, -0.1) is 5.10 Å². The van der Waals surface area contributed by atoms with Crippen LogP contribution in [0.5, 0.6) is 0 Å². The maximum Gasteiger partial charge on any atom is 0.261 e. The van der Waals surface area contributed by atoms with Crippen molar-refractivity contribution in [1.82, 2.24) is 20.4 Å². The Morgan fingerprint density at radius 1 is 1.04 bits per heavy atom. The smallest absolute Gasteiger partial charge is 0.261 e. The summed E-state index contributed by atoms with van der Waals surface area (Å²) >= 11 is 0. The van der Waals surface area contributed by atoms with E-state index < -0.39 is 0 Å². The van der Waals surface area contributed by atoms with Gasteiger partial charge in [-0.05, 0) is 41.5 Å². The van der Waals surface area contributed by atoms with Gasteiger partial charge in [0, 0.05) is 0 Å². The predicted molar refractivity (Wildman–Crippen MR) is 102 cm³/mol. The Kier molecular flexibility index (Phi) is 4.15. The summed E-state index contributed by atoms with van der Waals surface area (Å²) in [6.07, 6.45) is 0. The molecular formula is C20H17N5O. The monoisotopic (exact) mass is 343 g/mol. The molecule has 3 aromatic carbocycles. The zero-order valence-electron chi connectivity index (χ0n) is 14.3. The number of benzene rings is 3. The molecule has 1 heterocycles. The standard InChI is InChI=1S/C20H17N5O/c1-14(16-11-10-15-6-2-3-7-17(15)12-16)21-23-20(26)13-25-19-9-5-4-8-18(19)22-24-25/h2-12H,13H2,1H3,(H,23,26)/b21-14-. The van der Waals surface area contributed by atoms with Gasteiger partial charge in [0.15, 0.2) is 0 Å². The van der Waals surface area contributed by atoms with E-state index in [9.17, 15) is 4.79 Å². The third kappa shape index (κ3) is 3.17. The van der Waals surface area contributed by atoms with Crippen molar-refractivity contribution in [2.75, 3.05) is 0 Å². The Labute approximate surface area is 150 Å². The number of hydrazone groups is 1. The molecule has 6 heteroatoms. The highest BCUT2D eigenvalue weighted by molar-refractivity contribution is 6.02. The lowest BCUT2D eigenvalue weighted by atomic mass is 10.0. The Morgan fingerprint density at radius 2 is 1.81 bits per heavy atom. The molecule has 6 nitrogen and oxygen atoms in total. The highest BCUT2D eigenvalue weighted by atomic mass is 16.2. The average Bonchev–Trinajstić information content (AvgIpc) is 3.08. The lowest BCUT2D eigenvalue weighted by Crippen LogP contribution is -2.24. The SMILES string of the molecule is C/C(=N/NC(=O)Cn1nnc2ccccc21)c1ccc2ccccc2c1. The number of nitrogens with zero attached hydrogens (tertiary/aromatic N) is 4. The molecule has 0 unspecified atom stereocenters. The molecule has 0 spiro atoms. The van der Waals surface area contributed by atoms with Crippen LogP contribution in [-0.2, 0) is 11.3 Å². The van der Waals surface area contributed by atoms with Crippen molar-refractivity contribution in [1.29, 1.82) is 0 Å². The van der Waals surface area contributed by atoms with E-state index in [4.69, 9.17) is 0 Å². The Hall–Kier alpha value is -3.54. The van der Waals surface area contributed by atoms with Crippen LogP contribution in [0.1, 0.15) is 12.5 Å². The number of para-hydroxylation sites is 1. The van der Waals surface area contributed by atoms with Crippen molar-refractivity contribution < 1.29 is 4.79 Å². The molecule has 0 bridgehead atoms. The second kappa shape index (κ2) is 6.76. The van der Waals surface area contributed by atoms with E-state index >= 15 is 0 Å². The van der Waals surface area contributed by atoms with Gasteiger partial charge >= 0.3 is 0 Å². The minimum absolute atomic E-state index is 0.0645. The Morgan fingerprint density at radius 3 is 2.69 bits per heavy atom. The van der Waals surface area contributed by atoms with Gasteiger partial charge in [0.25, 0.3) is 5.91 Å². The summed E-state index contributed by atoms with van der Waals surface area (Å²) < 4.78 is 1.56. The number of nitrogens with one attached hydrogen (secondary N) is 1. The molecule has 1 amide bonds. The minimum Gasteiger partial charge on any atom is -0.271 e. The number of carbonyl (C=O) groups excluding carboxylic acids is 1. The molecule has 128 valence electrons. The number of amides is 1. The number of carbonyl (C=O) groups is 1. The molecule has 0 aliphatic rings. The fourth-order valence-electron chi connectivity index (χ4n) is 2.83. The van der Waals surface area contributed by atoms with Gasteiger partial charge in [0.05, 0.1) is 11.2 Å². The third-order valence-corrected chi connectivity index (χ3v) is 4.23. The number of fused-ring (bicyclic) bond motifs is 2. The summed E-state index contributed by atoms with van der Waals surface area (Å²) in [7, 11) is 0. The molecule has 0 aliphatic carbocycles. The second-order valence-corrected chi connectivity index (χ2v) is 6.03. The van der Waals surface area contributed by atoms with Crippen LogP contribution < -0.4 is 5.43 Å². The van der Waals surface area contributed by atoms with Crippen LogP contribution in [0, 0.1) is 0 Å². The molecule has 0 atom stereocenters. The third-order valence-electron chi connectivity index (χ3n) is 4.23. The van der Waals surface area contributed by atoms with E-state index in [1.54, 1.807) is 4.68 Å². The maximum atomic E-state index is 12.2. The minimum atomic E-state index is -0.249. The van der Waals surface area contributed by atoms with E-state index in [-0.39, 0.29) is 12.5 Å². The molecular weight excluding hydrogens is 326 g/mol. The zero-order chi connectivity index (χ0) is 17.9. The van der Waals surface area contributed by atoms with Crippen molar-refractivity contribution in [2.45, 2.75) is 13.5 Å².